The molecule has 0 aliphatic carbocycles. The summed E-state index contributed by atoms with van der Waals surface area (Å²) in [5.41, 5.74) is 8.06. The molecular weight excluding hydrogens is 278 g/mol. The molecule has 2 unspecified atom stereocenters. The third-order valence-corrected chi connectivity index (χ3v) is 3.90. The van der Waals surface area contributed by atoms with Gasteiger partial charge in [0.1, 0.15) is 0 Å². The van der Waals surface area contributed by atoms with Crippen LogP contribution in [0, 0.1) is 0 Å². The first-order valence-electron chi connectivity index (χ1n) is 7.76. The number of hydrogen-bond acceptors (Lipinski definition) is 4. The number of aryl methyl sites for hydroxylation is 1. The Labute approximate surface area is 133 Å². The number of ether oxygens (including phenoxy) is 1. The minimum Gasteiger partial charge on any atom is -0.380 e. The van der Waals surface area contributed by atoms with Gasteiger partial charge < -0.3 is 20.7 Å². The SMILES string of the molecule is CCc1ccc(C(CNC(=O)CC(CN)OC)N(C)C)cc1. The Morgan fingerprint density at radius 1 is 1.32 bits per heavy atom. The van der Waals surface area contributed by atoms with Gasteiger partial charge in [-0.3, -0.25) is 4.79 Å². The number of nitrogens with one attached hydrogen (secondary N) is 1. The van der Waals surface area contributed by atoms with Gasteiger partial charge in [-0.05, 0) is 31.6 Å². The molecule has 1 aromatic carbocycles. The molecule has 5 heteroatoms. The summed E-state index contributed by atoms with van der Waals surface area (Å²) in [6.07, 6.45) is 1.10. The number of benzene rings is 1. The molecule has 5 nitrogen and oxygen atoms in total. The molecule has 2 atom stereocenters. The average molecular weight is 307 g/mol. The molecule has 3 N–H and O–H groups in total. The zero-order valence-corrected chi connectivity index (χ0v) is 14.1. The Morgan fingerprint density at radius 3 is 2.41 bits per heavy atom. The molecule has 0 spiro atoms. The van der Waals surface area contributed by atoms with E-state index in [9.17, 15) is 4.79 Å². The first kappa shape index (κ1) is 18.6. The number of nitrogens with zero attached hydrogens (tertiary/aromatic N) is 1. The van der Waals surface area contributed by atoms with Gasteiger partial charge in [-0.1, -0.05) is 31.2 Å². The number of carbonyl (C=O) groups is 1. The van der Waals surface area contributed by atoms with Crippen LogP contribution in [0.5, 0.6) is 0 Å². The molecule has 0 radical (unpaired) electrons. The van der Waals surface area contributed by atoms with Crippen LogP contribution in [0.25, 0.3) is 0 Å². The summed E-state index contributed by atoms with van der Waals surface area (Å²) < 4.78 is 5.14. The van der Waals surface area contributed by atoms with Crippen molar-refractivity contribution in [1.29, 1.82) is 0 Å². The number of methoxy groups -OCH3 is 1. The number of likely N-dealkylation sites (N-methyl/N-ethyl adjacent to an activating group) is 1. The van der Waals surface area contributed by atoms with Crippen LogP contribution in [-0.4, -0.2) is 51.2 Å². The molecule has 0 aromatic heterocycles. The summed E-state index contributed by atoms with van der Waals surface area (Å²) in [7, 11) is 5.60. The second-order valence-electron chi connectivity index (χ2n) is 5.68. The van der Waals surface area contributed by atoms with Crippen LogP contribution in [0.2, 0.25) is 0 Å². The highest BCUT2D eigenvalue weighted by atomic mass is 16.5. The lowest BCUT2D eigenvalue weighted by Crippen LogP contribution is -2.37. The summed E-state index contributed by atoms with van der Waals surface area (Å²) in [5, 5.41) is 2.97. The molecular formula is C17H29N3O2. The summed E-state index contributed by atoms with van der Waals surface area (Å²) in [4.78, 5) is 14.1. The molecule has 1 amide bonds. The second-order valence-corrected chi connectivity index (χ2v) is 5.68. The highest BCUT2D eigenvalue weighted by Crippen LogP contribution is 2.18. The van der Waals surface area contributed by atoms with E-state index in [1.54, 1.807) is 7.11 Å². The first-order chi connectivity index (χ1) is 10.5. The van der Waals surface area contributed by atoms with Gasteiger partial charge in [-0.15, -0.1) is 0 Å². The van der Waals surface area contributed by atoms with Crippen molar-refractivity contribution in [3.05, 3.63) is 35.4 Å². The number of carbonyl (C=O) groups excluding carboxylic acids is 1. The van der Waals surface area contributed by atoms with Gasteiger partial charge in [-0.25, -0.2) is 0 Å². The maximum absolute atomic E-state index is 12.0. The van der Waals surface area contributed by atoms with Crippen molar-refractivity contribution in [3.63, 3.8) is 0 Å². The first-order valence-corrected chi connectivity index (χ1v) is 7.76. The standard InChI is InChI=1S/C17H29N3O2/c1-5-13-6-8-14(9-7-13)16(20(2)3)12-19-17(21)10-15(11-18)22-4/h6-9,15-16H,5,10-12,18H2,1-4H3,(H,19,21). The van der Waals surface area contributed by atoms with Gasteiger partial charge in [0, 0.05) is 20.2 Å². The maximum Gasteiger partial charge on any atom is 0.222 e. The Morgan fingerprint density at radius 2 is 1.95 bits per heavy atom. The third kappa shape index (κ3) is 5.75. The predicted octanol–water partition coefficient (Wildman–Crippen LogP) is 1.33. The fourth-order valence-corrected chi connectivity index (χ4v) is 2.33. The summed E-state index contributed by atoms with van der Waals surface area (Å²) in [6, 6.07) is 8.70. The van der Waals surface area contributed by atoms with E-state index in [0.29, 0.717) is 19.5 Å². The van der Waals surface area contributed by atoms with E-state index in [2.05, 4.69) is 41.4 Å². The summed E-state index contributed by atoms with van der Waals surface area (Å²) in [5.74, 6) is -0.0330. The van der Waals surface area contributed by atoms with Crippen molar-refractivity contribution < 1.29 is 9.53 Å². The van der Waals surface area contributed by atoms with E-state index in [-0.39, 0.29) is 18.1 Å². The van der Waals surface area contributed by atoms with Gasteiger partial charge in [0.05, 0.1) is 18.6 Å². The molecule has 22 heavy (non-hydrogen) atoms. The van der Waals surface area contributed by atoms with Crippen LogP contribution in [0.3, 0.4) is 0 Å². The number of hydrogen-bond donors (Lipinski definition) is 2. The van der Waals surface area contributed by atoms with E-state index >= 15 is 0 Å². The molecule has 0 aliphatic rings. The summed E-state index contributed by atoms with van der Waals surface area (Å²) >= 11 is 0. The minimum absolute atomic E-state index is 0.0330. The molecule has 0 aliphatic heterocycles. The molecule has 0 bridgehead atoms. The minimum atomic E-state index is -0.221. The molecule has 1 rings (SSSR count). The lowest BCUT2D eigenvalue weighted by Gasteiger charge is -2.25. The van der Waals surface area contributed by atoms with Crippen LogP contribution < -0.4 is 11.1 Å². The van der Waals surface area contributed by atoms with Gasteiger partial charge in [0.2, 0.25) is 5.91 Å². The van der Waals surface area contributed by atoms with Crippen LogP contribution in [0.4, 0.5) is 0 Å². The van der Waals surface area contributed by atoms with Crippen molar-refractivity contribution in [1.82, 2.24) is 10.2 Å². The Bertz CT molecular complexity index is 442. The highest BCUT2D eigenvalue weighted by molar-refractivity contribution is 5.76. The Balaban J connectivity index is 2.62. The highest BCUT2D eigenvalue weighted by Gasteiger charge is 2.17. The van der Waals surface area contributed by atoms with Gasteiger partial charge in [-0.2, -0.15) is 0 Å². The van der Waals surface area contributed by atoms with Gasteiger partial charge in [0.25, 0.3) is 0 Å². The fourth-order valence-electron chi connectivity index (χ4n) is 2.33. The topological polar surface area (TPSA) is 67.6 Å². The number of nitrogens with two attached hydrogens (primary N) is 1. The zero-order chi connectivity index (χ0) is 16.5. The molecule has 0 saturated heterocycles. The van der Waals surface area contributed by atoms with Crippen LogP contribution in [0.15, 0.2) is 24.3 Å². The van der Waals surface area contributed by atoms with E-state index in [1.165, 1.54) is 11.1 Å². The van der Waals surface area contributed by atoms with Crippen molar-refractivity contribution in [3.8, 4) is 0 Å². The summed E-state index contributed by atoms with van der Waals surface area (Å²) in [6.45, 7) is 3.06. The monoisotopic (exact) mass is 307 g/mol. The molecule has 0 heterocycles. The van der Waals surface area contributed by atoms with Crippen LogP contribution >= 0.6 is 0 Å². The lowest BCUT2D eigenvalue weighted by atomic mass is 10.0. The van der Waals surface area contributed by atoms with E-state index in [4.69, 9.17) is 10.5 Å². The maximum atomic E-state index is 12.0. The van der Waals surface area contributed by atoms with Crippen molar-refractivity contribution >= 4 is 5.91 Å². The predicted molar refractivity (Wildman–Crippen MR) is 89.7 cm³/mol. The molecule has 0 fully saturated rings. The average Bonchev–Trinajstić information content (AvgIpc) is 2.53. The van der Waals surface area contributed by atoms with E-state index < -0.39 is 0 Å². The normalized spacial score (nSPS) is 13.9. The third-order valence-electron chi connectivity index (χ3n) is 3.90. The largest absolute Gasteiger partial charge is 0.380 e. The Kier molecular flexibility index (Phi) is 8.09. The lowest BCUT2D eigenvalue weighted by molar-refractivity contribution is -0.123. The second kappa shape index (κ2) is 9.56. The molecule has 124 valence electrons. The van der Waals surface area contributed by atoms with Crippen molar-refractivity contribution in [2.45, 2.75) is 31.9 Å². The van der Waals surface area contributed by atoms with Gasteiger partial charge in [0.15, 0.2) is 0 Å². The molecule has 0 saturated carbocycles. The Hall–Kier alpha value is -1.43. The van der Waals surface area contributed by atoms with E-state index in [1.807, 2.05) is 14.1 Å². The zero-order valence-electron chi connectivity index (χ0n) is 14.1. The number of rotatable bonds is 9. The van der Waals surface area contributed by atoms with Crippen molar-refractivity contribution in [2.24, 2.45) is 5.73 Å². The molecule has 1 aromatic rings. The van der Waals surface area contributed by atoms with Crippen LogP contribution in [-0.2, 0) is 16.0 Å². The van der Waals surface area contributed by atoms with Gasteiger partial charge >= 0.3 is 0 Å². The quantitative estimate of drug-likeness (QED) is 0.722. The van der Waals surface area contributed by atoms with E-state index in [0.717, 1.165) is 6.42 Å². The van der Waals surface area contributed by atoms with Crippen molar-refractivity contribution in [2.75, 3.05) is 34.3 Å². The number of amides is 1. The smallest absolute Gasteiger partial charge is 0.222 e. The fraction of sp³-hybridized carbons (Fsp3) is 0.588. The van der Waals surface area contributed by atoms with Crippen LogP contribution in [0.1, 0.15) is 30.5 Å².